The fourth-order valence-corrected chi connectivity index (χ4v) is 5.61. The van der Waals surface area contributed by atoms with Crippen LogP contribution in [0.15, 0.2) is 58.3 Å². The maximum Gasteiger partial charge on any atom is 0.261 e. The largest absolute Gasteiger partial charge is 0.280 e. The molecule has 1 aliphatic rings. The Hall–Kier alpha value is -1.90. The minimum Gasteiger partial charge on any atom is -0.280 e. The zero-order valence-corrected chi connectivity index (χ0v) is 17.1. The van der Waals surface area contributed by atoms with Gasteiger partial charge in [0.15, 0.2) is 0 Å². The summed E-state index contributed by atoms with van der Waals surface area (Å²) in [6, 6.07) is 12.6. The lowest BCUT2D eigenvalue weighted by atomic mass is 10.0. The second-order valence-corrected chi connectivity index (χ2v) is 10.6. The molecule has 0 radical (unpaired) electrons. The molecule has 146 valence electrons. The molecule has 0 bridgehead atoms. The molecule has 0 aliphatic carbocycles. The molecule has 1 N–H and O–H groups in total. The molecule has 0 unspecified atom stereocenters. The van der Waals surface area contributed by atoms with Crippen LogP contribution in [0.3, 0.4) is 0 Å². The van der Waals surface area contributed by atoms with Crippen LogP contribution in [0.5, 0.6) is 0 Å². The van der Waals surface area contributed by atoms with Gasteiger partial charge < -0.3 is 0 Å². The van der Waals surface area contributed by atoms with Crippen LogP contribution in [0.25, 0.3) is 0 Å². The Morgan fingerprint density at radius 2 is 1.48 bits per heavy atom. The first-order valence-electron chi connectivity index (χ1n) is 8.93. The molecule has 0 aromatic heterocycles. The molecule has 0 amide bonds. The van der Waals surface area contributed by atoms with Crippen molar-refractivity contribution in [1.82, 2.24) is 4.31 Å². The summed E-state index contributed by atoms with van der Waals surface area (Å²) in [5, 5.41) is 0. The molecule has 1 saturated heterocycles. The van der Waals surface area contributed by atoms with E-state index in [9.17, 15) is 16.8 Å². The van der Waals surface area contributed by atoms with E-state index in [4.69, 9.17) is 0 Å². The average Bonchev–Trinajstić information content (AvgIpc) is 3.17. The molecule has 0 spiro atoms. The summed E-state index contributed by atoms with van der Waals surface area (Å²) < 4.78 is 54.3. The van der Waals surface area contributed by atoms with E-state index in [0.29, 0.717) is 18.8 Å². The molecule has 2 aromatic carbocycles. The van der Waals surface area contributed by atoms with Crippen LogP contribution < -0.4 is 4.72 Å². The Bertz CT molecular complexity index is 1010. The zero-order valence-electron chi connectivity index (χ0n) is 15.4. The molecule has 1 fully saturated rings. The Balaban J connectivity index is 1.82. The van der Waals surface area contributed by atoms with Crippen LogP contribution >= 0.6 is 0 Å². The van der Waals surface area contributed by atoms with Crippen LogP contribution in [0, 0.1) is 0 Å². The Morgan fingerprint density at radius 1 is 0.889 bits per heavy atom. The number of anilines is 1. The maximum absolute atomic E-state index is 12.6. The number of hydrogen-bond acceptors (Lipinski definition) is 4. The van der Waals surface area contributed by atoms with Gasteiger partial charge in [-0.15, -0.1) is 0 Å². The molecular formula is C19H24N2O4S2. The first kappa shape index (κ1) is 19.9. The summed E-state index contributed by atoms with van der Waals surface area (Å²) in [6.45, 7) is 5.09. The standard InChI is InChI=1S/C19H24N2O4S2/c1-15(2)16-6-5-7-17(14-16)20-26(22,23)18-8-10-19(11-9-18)27(24,25)21-12-3-4-13-21/h5-11,14-15,20H,3-4,12-13H2,1-2H3. The average molecular weight is 409 g/mol. The zero-order chi connectivity index (χ0) is 19.7. The molecule has 2 aromatic rings. The summed E-state index contributed by atoms with van der Waals surface area (Å²) in [6.07, 6.45) is 1.70. The van der Waals surface area contributed by atoms with E-state index in [1.54, 1.807) is 18.2 Å². The second kappa shape index (κ2) is 7.61. The minimum absolute atomic E-state index is 0.0258. The number of sulfonamides is 2. The van der Waals surface area contributed by atoms with Crippen LogP contribution in [-0.4, -0.2) is 34.2 Å². The van der Waals surface area contributed by atoms with Gasteiger partial charge in [0.2, 0.25) is 10.0 Å². The maximum atomic E-state index is 12.6. The van der Waals surface area contributed by atoms with Crippen LogP contribution in [0.4, 0.5) is 5.69 Å². The van der Waals surface area contributed by atoms with Gasteiger partial charge in [-0.3, -0.25) is 4.72 Å². The quantitative estimate of drug-likeness (QED) is 0.794. The number of hydrogen-bond donors (Lipinski definition) is 1. The predicted molar refractivity (Wildman–Crippen MR) is 106 cm³/mol. The first-order valence-corrected chi connectivity index (χ1v) is 11.9. The molecular weight excluding hydrogens is 384 g/mol. The Morgan fingerprint density at radius 3 is 2.07 bits per heavy atom. The van der Waals surface area contributed by atoms with E-state index in [1.165, 1.54) is 28.6 Å². The van der Waals surface area contributed by atoms with Crippen molar-refractivity contribution in [3.05, 3.63) is 54.1 Å². The third-order valence-corrected chi connectivity index (χ3v) is 7.95. The van der Waals surface area contributed by atoms with Crippen molar-refractivity contribution in [2.75, 3.05) is 17.8 Å². The summed E-state index contributed by atoms with van der Waals surface area (Å²) in [4.78, 5) is 0.142. The van der Waals surface area contributed by atoms with Crippen molar-refractivity contribution in [3.63, 3.8) is 0 Å². The van der Waals surface area contributed by atoms with E-state index >= 15 is 0 Å². The van der Waals surface area contributed by atoms with Gasteiger partial charge in [0.05, 0.1) is 9.79 Å². The van der Waals surface area contributed by atoms with E-state index in [-0.39, 0.29) is 15.7 Å². The normalized spacial score (nSPS) is 16.0. The van der Waals surface area contributed by atoms with Gasteiger partial charge >= 0.3 is 0 Å². The predicted octanol–water partition coefficient (Wildman–Crippen LogP) is 3.40. The first-order chi connectivity index (χ1) is 12.7. The molecule has 1 aliphatic heterocycles. The van der Waals surface area contributed by atoms with Crippen LogP contribution in [0.1, 0.15) is 38.2 Å². The summed E-state index contributed by atoms with van der Waals surface area (Å²) in [5.74, 6) is 0.282. The third kappa shape index (κ3) is 4.34. The van der Waals surface area contributed by atoms with Gasteiger partial charge in [-0.05, 0) is 60.7 Å². The Kier molecular flexibility index (Phi) is 5.60. The highest BCUT2D eigenvalue weighted by Crippen LogP contribution is 2.24. The minimum atomic E-state index is -3.80. The molecule has 8 heteroatoms. The van der Waals surface area contributed by atoms with Crippen LogP contribution in [-0.2, 0) is 20.0 Å². The fraction of sp³-hybridized carbons (Fsp3) is 0.368. The van der Waals surface area contributed by atoms with E-state index < -0.39 is 20.0 Å². The highest BCUT2D eigenvalue weighted by Gasteiger charge is 2.27. The molecule has 6 nitrogen and oxygen atoms in total. The second-order valence-electron chi connectivity index (χ2n) is 6.97. The smallest absolute Gasteiger partial charge is 0.261 e. The van der Waals surface area contributed by atoms with Crippen molar-refractivity contribution in [1.29, 1.82) is 0 Å². The number of rotatable bonds is 6. The number of nitrogens with zero attached hydrogens (tertiary/aromatic N) is 1. The molecule has 3 rings (SSSR count). The van der Waals surface area contributed by atoms with E-state index in [2.05, 4.69) is 4.72 Å². The number of nitrogens with one attached hydrogen (secondary N) is 1. The molecule has 27 heavy (non-hydrogen) atoms. The molecule has 1 heterocycles. The van der Waals surface area contributed by atoms with Crippen molar-refractivity contribution < 1.29 is 16.8 Å². The van der Waals surface area contributed by atoms with Gasteiger partial charge in [0.1, 0.15) is 0 Å². The molecule has 0 atom stereocenters. The Labute approximate surface area is 161 Å². The van der Waals surface area contributed by atoms with Gasteiger partial charge in [-0.2, -0.15) is 4.31 Å². The summed E-state index contributed by atoms with van der Waals surface area (Å²) >= 11 is 0. The van der Waals surface area contributed by atoms with Gasteiger partial charge in [-0.25, -0.2) is 16.8 Å². The lowest BCUT2D eigenvalue weighted by Gasteiger charge is -2.16. The van der Waals surface area contributed by atoms with Crippen molar-refractivity contribution >= 4 is 25.7 Å². The topological polar surface area (TPSA) is 83.5 Å². The van der Waals surface area contributed by atoms with Gasteiger partial charge in [0.25, 0.3) is 10.0 Å². The fourth-order valence-electron chi connectivity index (χ4n) is 3.04. The van der Waals surface area contributed by atoms with Crippen molar-refractivity contribution in [2.24, 2.45) is 0 Å². The third-order valence-electron chi connectivity index (χ3n) is 4.64. The van der Waals surface area contributed by atoms with Crippen molar-refractivity contribution in [3.8, 4) is 0 Å². The highest BCUT2D eigenvalue weighted by atomic mass is 32.2. The van der Waals surface area contributed by atoms with E-state index in [1.807, 2.05) is 19.9 Å². The monoisotopic (exact) mass is 408 g/mol. The summed E-state index contributed by atoms with van der Waals surface area (Å²) in [7, 11) is -7.35. The van der Waals surface area contributed by atoms with Gasteiger partial charge in [0, 0.05) is 18.8 Å². The number of benzene rings is 2. The lowest BCUT2D eigenvalue weighted by molar-refractivity contribution is 0.477. The molecule has 0 saturated carbocycles. The highest BCUT2D eigenvalue weighted by molar-refractivity contribution is 7.92. The SMILES string of the molecule is CC(C)c1cccc(NS(=O)(=O)c2ccc(S(=O)(=O)N3CCCC3)cc2)c1. The lowest BCUT2D eigenvalue weighted by Crippen LogP contribution is -2.27. The van der Waals surface area contributed by atoms with E-state index in [0.717, 1.165) is 18.4 Å². The summed E-state index contributed by atoms with van der Waals surface area (Å²) in [5.41, 5.74) is 1.51. The van der Waals surface area contributed by atoms with Crippen molar-refractivity contribution in [2.45, 2.75) is 42.4 Å². The van der Waals surface area contributed by atoms with Gasteiger partial charge in [-0.1, -0.05) is 26.0 Å². The van der Waals surface area contributed by atoms with Crippen LogP contribution in [0.2, 0.25) is 0 Å².